The van der Waals surface area contributed by atoms with E-state index in [2.05, 4.69) is 5.32 Å². The van der Waals surface area contributed by atoms with Crippen molar-refractivity contribution >= 4 is 28.7 Å². The van der Waals surface area contributed by atoms with E-state index < -0.39 is 5.91 Å². The number of benzene rings is 3. The van der Waals surface area contributed by atoms with Crippen LogP contribution < -0.4 is 15.5 Å². The molecule has 2 amide bonds. The topological polar surface area (TPSA) is 101 Å². The Balaban J connectivity index is 1.56. The minimum absolute atomic E-state index is 0.0386. The van der Waals surface area contributed by atoms with Gasteiger partial charge in [-0.1, -0.05) is 48.5 Å². The van der Waals surface area contributed by atoms with Gasteiger partial charge in [-0.05, 0) is 47.4 Å². The number of nitrogens with one attached hydrogen (secondary N) is 2. The van der Waals surface area contributed by atoms with Crippen LogP contribution in [0.15, 0.2) is 95.1 Å². The van der Waals surface area contributed by atoms with E-state index in [9.17, 15) is 9.59 Å². The molecule has 0 bridgehead atoms. The van der Waals surface area contributed by atoms with Crippen molar-refractivity contribution in [3.63, 3.8) is 0 Å². The van der Waals surface area contributed by atoms with Gasteiger partial charge in [0.1, 0.15) is 18.1 Å². The van der Waals surface area contributed by atoms with Crippen LogP contribution in [0.5, 0.6) is 5.75 Å². The van der Waals surface area contributed by atoms with Crippen molar-refractivity contribution in [2.45, 2.75) is 6.54 Å². The van der Waals surface area contributed by atoms with Gasteiger partial charge in [-0.3, -0.25) is 14.8 Å². The van der Waals surface area contributed by atoms with Crippen LogP contribution >= 0.6 is 0 Å². The Labute approximate surface area is 190 Å². The van der Waals surface area contributed by atoms with Crippen molar-refractivity contribution < 1.29 is 24.0 Å². The molecule has 0 unspecified atom stereocenters. The molecule has 1 aromatic heterocycles. The first-order valence-corrected chi connectivity index (χ1v) is 10.3. The third-order valence-corrected chi connectivity index (χ3v) is 5.04. The van der Waals surface area contributed by atoms with Gasteiger partial charge < -0.3 is 14.5 Å². The van der Waals surface area contributed by atoms with Crippen molar-refractivity contribution in [3.8, 4) is 5.75 Å². The number of carbonyl (C=O) groups excluding carboxylic acids is 2. The highest BCUT2D eigenvalue weighted by molar-refractivity contribution is 5.98. The molecule has 0 saturated heterocycles. The molecule has 0 atom stereocenters. The van der Waals surface area contributed by atoms with Crippen LogP contribution in [-0.2, 0) is 11.3 Å². The van der Waals surface area contributed by atoms with Crippen molar-refractivity contribution in [2.24, 2.45) is 0 Å². The number of hydrogen-bond donors (Lipinski definition) is 3. The predicted octanol–water partition coefficient (Wildman–Crippen LogP) is 4.33. The third kappa shape index (κ3) is 5.47. The molecule has 0 aliphatic carbocycles. The maximum Gasteiger partial charge on any atom is 0.274 e. The Morgan fingerprint density at radius 2 is 1.73 bits per heavy atom. The maximum atomic E-state index is 13.0. The number of hydrogen-bond acceptors (Lipinski definition) is 5. The first-order valence-electron chi connectivity index (χ1n) is 10.3. The molecule has 4 rings (SSSR count). The van der Waals surface area contributed by atoms with Crippen LogP contribution in [0.4, 0.5) is 0 Å². The van der Waals surface area contributed by atoms with Crippen molar-refractivity contribution in [1.82, 2.24) is 10.8 Å². The molecular formula is C26H22N2O5. The van der Waals surface area contributed by atoms with E-state index in [1.165, 1.54) is 0 Å². The van der Waals surface area contributed by atoms with E-state index in [0.29, 0.717) is 28.2 Å². The second-order valence-corrected chi connectivity index (χ2v) is 7.26. The van der Waals surface area contributed by atoms with Crippen LogP contribution in [0.2, 0.25) is 0 Å². The third-order valence-electron chi connectivity index (χ3n) is 5.04. The first kappa shape index (κ1) is 21.9. The fourth-order valence-electron chi connectivity index (χ4n) is 3.34. The lowest BCUT2D eigenvalue weighted by molar-refractivity contribution is -0.118. The van der Waals surface area contributed by atoms with Gasteiger partial charge in [-0.25, -0.2) is 5.48 Å². The summed E-state index contributed by atoms with van der Waals surface area (Å²) >= 11 is 0. The average molecular weight is 442 g/mol. The van der Waals surface area contributed by atoms with E-state index in [0.717, 1.165) is 10.8 Å². The summed E-state index contributed by atoms with van der Waals surface area (Å²) in [5, 5.41) is 13.6. The van der Waals surface area contributed by atoms with Crippen LogP contribution in [0.3, 0.4) is 0 Å². The Morgan fingerprint density at radius 3 is 2.48 bits per heavy atom. The smallest absolute Gasteiger partial charge is 0.274 e. The molecule has 7 nitrogen and oxygen atoms in total. The summed E-state index contributed by atoms with van der Waals surface area (Å²) in [6.07, 6.45) is 3.25. The Morgan fingerprint density at radius 1 is 0.939 bits per heavy atom. The van der Waals surface area contributed by atoms with Gasteiger partial charge in [-0.2, -0.15) is 0 Å². The van der Waals surface area contributed by atoms with Gasteiger partial charge in [-0.15, -0.1) is 0 Å². The average Bonchev–Trinajstić information content (AvgIpc) is 3.38. The summed E-state index contributed by atoms with van der Waals surface area (Å²) in [6, 6.07) is 23.6. The van der Waals surface area contributed by atoms with Crippen molar-refractivity contribution in [3.05, 3.63) is 108 Å². The summed E-state index contributed by atoms with van der Waals surface area (Å²) < 4.78 is 11.3. The number of furan rings is 1. The largest absolute Gasteiger partial charge is 0.488 e. The van der Waals surface area contributed by atoms with Gasteiger partial charge in [0, 0.05) is 10.9 Å². The van der Waals surface area contributed by atoms with Crippen molar-refractivity contribution in [2.75, 3.05) is 6.61 Å². The fraction of sp³-hybridized carbons (Fsp3) is 0.0769. The van der Waals surface area contributed by atoms with E-state index in [1.807, 2.05) is 42.5 Å². The fourth-order valence-corrected chi connectivity index (χ4v) is 3.34. The molecule has 0 radical (unpaired) electrons. The zero-order valence-corrected chi connectivity index (χ0v) is 17.7. The normalized spacial score (nSPS) is 11.2. The quantitative estimate of drug-likeness (QED) is 0.214. The van der Waals surface area contributed by atoms with E-state index >= 15 is 0 Å². The van der Waals surface area contributed by atoms with Crippen LogP contribution in [0.1, 0.15) is 21.7 Å². The lowest BCUT2D eigenvalue weighted by Gasteiger charge is -2.12. The van der Waals surface area contributed by atoms with E-state index in [4.69, 9.17) is 14.4 Å². The van der Waals surface area contributed by atoms with Crippen LogP contribution in [0, 0.1) is 0 Å². The minimum atomic E-state index is -0.610. The van der Waals surface area contributed by atoms with Gasteiger partial charge in [0.05, 0.1) is 18.4 Å². The number of rotatable bonds is 8. The van der Waals surface area contributed by atoms with Gasteiger partial charge in [0.25, 0.3) is 11.8 Å². The lowest BCUT2D eigenvalue weighted by Crippen LogP contribution is -2.27. The standard InChI is InChI=1S/C26H22N2O5/c29-25(27-16-22-7-4-14-32-22)21(15-18-10-12-20(13-11-18)26(30)28-31)17-33-24-9-3-6-19-5-1-2-8-23(19)24/h1-15,31H,16-17H2,(H,27,29)(H,28,30)/b21-15+. The highest BCUT2D eigenvalue weighted by atomic mass is 16.5. The second kappa shape index (κ2) is 10.3. The number of carbonyl (C=O) groups is 2. The highest BCUT2D eigenvalue weighted by Crippen LogP contribution is 2.25. The molecule has 4 aromatic rings. The molecule has 3 N–H and O–H groups in total. The van der Waals surface area contributed by atoms with Crippen LogP contribution in [0.25, 0.3) is 16.8 Å². The summed E-state index contributed by atoms with van der Waals surface area (Å²) in [6.45, 7) is 0.282. The molecular weight excluding hydrogens is 420 g/mol. The molecule has 0 aliphatic rings. The van der Waals surface area contributed by atoms with Crippen molar-refractivity contribution in [1.29, 1.82) is 0 Å². The Kier molecular flexibility index (Phi) is 6.82. The lowest BCUT2D eigenvalue weighted by atomic mass is 10.1. The molecule has 0 spiro atoms. The minimum Gasteiger partial charge on any atom is -0.488 e. The Hall–Kier alpha value is -4.36. The second-order valence-electron chi connectivity index (χ2n) is 7.26. The summed E-state index contributed by atoms with van der Waals surface area (Å²) in [5.74, 6) is 0.398. The molecule has 0 saturated carbocycles. The number of ether oxygens (including phenoxy) is 1. The molecule has 1 heterocycles. The van der Waals surface area contributed by atoms with E-state index in [-0.39, 0.29) is 19.1 Å². The summed E-state index contributed by atoms with van der Waals surface area (Å²) in [7, 11) is 0. The zero-order chi connectivity index (χ0) is 23.0. The SMILES string of the molecule is O=C(NCc1ccco1)/C(=C/c1ccc(C(=O)NO)cc1)COc1cccc2ccccc12. The van der Waals surface area contributed by atoms with Gasteiger partial charge in [0.2, 0.25) is 0 Å². The Bertz CT molecular complexity index is 1270. The molecule has 7 heteroatoms. The molecule has 0 aliphatic heterocycles. The van der Waals surface area contributed by atoms with Gasteiger partial charge >= 0.3 is 0 Å². The van der Waals surface area contributed by atoms with Gasteiger partial charge in [0.15, 0.2) is 0 Å². The molecule has 166 valence electrons. The first-order chi connectivity index (χ1) is 16.1. The summed E-state index contributed by atoms with van der Waals surface area (Å²) in [4.78, 5) is 24.5. The van der Waals surface area contributed by atoms with E-state index in [1.54, 1.807) is 54.2 Å². The molecule has 33 heavy (non-hydrogen) atoms. The monoisotopic (exact) mass is 442 g/mol. The summed E-state index contributed by atoms with van der Waals surface area (Å²) in [5.41, 5.74) is 2.99. The predicted molar refractivity (Wildman–Crippen MR) is 124 cm³/mol. The molecule has 0 fully saturated rings. The number of fused-ring (bicyclic) bond motifs is 1. The van der Waals surface area contributed by atoms with Crippen LogP contribution in [-0.4, -0.2) is 23.6 Å². The molecule has 3 aromatic carbocycles. The zero-order valence-electron chi connectivity index (χ0n) is 17.7. The number of amides is 2. The maximum absolute atomic E-state index is 13.0. The highest BCUT2D eigenvalue weighted by Gasteiger charge is 2.13. The number of hydroxylamine groups is 1.